The molecular formula is C11H14F2N2. The maximum atomic E-state index is 13.3. The van der Waals surface area contributed by atoms with Gasteiger partial charge in [-0.2, -0.15) is 0 Å². The zero-order valence-electron chi connectivity index (χ0n) is 8.56. The molecule has 0 spiro atoms. The first kappa shape index (κ1) is 11.7. The lowest BCUT2D eigenvalue weighted by molar-refractivity contribution is 0.581. The number of benzene rings is 1. The Labute approximate surface area is 87.8 Å². The van der Waals surface area contributed by atoms with Crippen molar-refractivity contribution in [3.8, 4) is 0 Å². The summed E-state index contributed by atoms with van der Waals surface area (Å²) in [6.45, 7) is 0.766. The Bertz CT molecular complexity index is 362. The van der Waals surface area contributed by atoms with Crippen molar-refractivity contribution in [2.24, 2.45) is 0 Å². The zero-order chi connectivity index (χ0) is 11.3. The fraction of sp³-hybridized carbons (Fsp3) is 0.273. The highest BCUT2D eigenvalue weighted by atomic mass is 19.1. The highest BCUT2D eigenvalue weighted by Crippen LogP contribution is 2.19. The van der Waals surface area contributed by atoms with Gasteiger partial charge in [-0.05, 0) is 32.1 Å². The van der Waals surface area contributed by atoms with E-state index >= 15 is 0 Å². The normalized spacial score (nSPS) is 11.1. The van der Waals surface area contributed by atoms with Gasteiger partial charge < -0.3 is 11.1 Å². The summed E-state index contributed by atoms with van der Waals surface area (Å²) in [7, 11) is 1.81. The average Bonchev–Trinajstić information content (AvgIpc) is 2.23. The van der Waals surface area contributed by atoms with Crippen molar-refractivity contribution in [3.05, 3.63) is 35.4 Å². The SMILES string of the molecule is CNCCC=Cc1c(F)ccc(N)c1F. The van der Waals surface area contributed by atoms with Crippen LogP contribution in [-0.2, 0) is 0 Å². The van der Waals surface area contributed by atoms with E-state index in [1.165, 1.54) is 12.1 Å². The summed E-state index contributed by atoms with van der Waals surface area (Å²) in [6, 6.07) is 2.38. The van der Waals surface area contributed by atoms with Crippen molar-refractivity contribution in [2.45, 2.75) is 6.42 Å². The minimum Gasteiger partial charge on any atom is -0.396 e. The first-order valence-corrected chi connectivity index (χ1v) is 4.71. The van der Waals surface area contributed by atoms with Crippen molar-refractivity contribution in [2.75, 3.05) is 19.3 Å². The molecule has 1 aromatic rings. The van der Waals surface area contributed by atoms with Gasteiger partial charge in [0, 0.05) is 5.56 Å². The number of anilines is 1. The van der Waals surface area contributed by atoms with Gasteiger partial charge in [-0.3, -0.25) is 0 Å². The van der Waals surface area contributed by atoms with Gasteiger partial charge in [0.05, 0.1) is 5.69 Å². The Balaban J connectivity index is 2.84. The number of hydrogen-bond acceptors (Lipinski definition) is 2. The van der Waals surface area contributed by atoms with Crippen LogP contribution >= 0.6 is 0 Å². The van der Waals surface area contributed by atoms with Gasteiger partial charge in [0.15, 0.2) is 5.82 Å². The van der Waals surface area contributed by atoms with E-state index in [9.17, 15) is 8.78 Å². The smallest absolute Gasteiger partial charge is 0.156 e. The highest BCUT2D eigenvalue weighted by molar-refractivity contribution is 5.57. The van der Waals surface area contributed by atoms with E-state index in [1.54, 1.807) is 6.08 Å². The Morgan fingerprint density at radius 3 is 2.80 bits per heavy atom. The molecule has 4 heteroatoms. The maximum absolute atomic E-state index is 13.3. The third kappa shape index (κ3) is 3.02. The van der Waals surface area contributed by atoms with Crippen molar-refractivity contribution in [1.82, 2.24) is 5.32 Å². The maximum Gasteiger partial charge on any atom is 0.156 e. The van der Waals surface area contributed by atoms with Crippen LogP contribution in [0, 0.1) is 11.6 Å². The molecular weight excluding hydrogens is 198 g/mol. The van der Waals surface area contributed by atoms with Gasteiger partial charge in [-0.15, -0.1) is 0 Å². The highest BCUT2D eigenvalue weighted by Gasteiger charge is 2.08. The first-order chi connectivity index (χ1) is 7.16. The molecule has 0 saturated heterocycles. The van der Waals surface area contributed by atoms with Crippen LogP contribution in [0.15, 0.2) is 18.2 Å². The first-order valence-electron chi connectivity index (χ1n) is 4.71. The monoisotopic (exact) mass is 212 g/mol. The van der Waals surface area contributed by atoms with Crippen LogP contribution in [0.4, 0.5) is 14.5 Å². The van der Waals surface area contributed by atoms with E-state index in [4.69, 9.17) is 5.73 Å². The molecule has 0 heterocycles. The number of nitrogen functional groups attached to an aromatic ring is 1. The van der Waals surface area contributed by atoms with E-state index < -0.39 is 11.6 Å². The van der Waals surface area contributed by atoms with E-state index in [2.05, 4.69) is 5.32 Å². The summed E-state index contributed by atoms with van der Waals surface area (Å²) in [5.41, 5.74) is 5.22. The predicted molar refractivity (Wildman–Crippen MR) is 58.3 cm³/mol. The second-order valence-electron chi connectivity index (χ2n) is 3.16. The van der Waals surface area contributed by atoms with E-state index in [1.807, 2.05) is 7.05 Å². The third-order valence-electron chi connectivity index (χ3n) is 2.00. The zero-order valence-corrected chi connectivity index (χ0v) is 8.56. The predicted octanol–water partition coefficient (Wildman–Crippen LogP) is 2.17. The second kappa shape index (κ2) is 5.46. The number of rotatable bonds is 4. The summed E-state index contributed by atoms with van der Waals surface area (Å²) < 4.78 is 26.5. The minimum atomic E-state index is -0.698. The summed E-state index contributed by atoms with van der Waals surface area (Å²) in [6.07, 6.45) is 3.83. The standard InChI is InChI=1S/C11H14F2N2/c1-15-7-3-2-4-8-9(12)5-6-10(14)11(8)13/h2,4-6,15H,3,7,14H2,1H3. The van der Waals surface area contributed by atoms with Gasteiger partial charge >= 0.3 is 0 Å². The van der Waals surface area contributed by atoms with Gasteiger partial charge in [-0.25, -0.2) is 8.78 Å². The Morgan fingerprint density at radius 1 is 1.40 bits per heavy atom. The van der Waals surface area contributed by atoms with Crippen LogP contribution in [0.2, 0.25) is 0 Å². The Morgan fingerprint density at radius 2 is 2.13 bits per heavy atom. The fourth-order valence-corrected chi connectivity index (χ4v) is 1.17. The lowest BCUT2D eigenvalue weighted by Gasteiger charge is -2.02. The summed E-state index contributed by atoms with van der Waals surface area (Å²) in [5.74, 6) is -1.29. The number of nitrogens with two attached hydrogens (primary N) is 1. The van der Waals surface area contributed by atoms with Crippen LogP contribution in [0.3, 0.4) is 0 Å². The van der Waals surface area contributed by atoms with Crippen LogP contribution in [0.5, 0.6) is 0 Å². The van der Waals surface area contributed by atoms with Gasteiger partial charge in [0.25, 0.3) is 0 Å². The van der Waals surface area contributed by atoms with E-state index in [0.29, 0.717) is 6.42 Å². The van der Waals surface area contributed by atoms with Crippen molar-refractivity contribution < 1.29 is 8.78 Å². The van der Waals surface area contributed by atoms with Crippen LogP contribution < -0.4 is 11.1 Å². The molecule has 3 N–H and O–H groups in total. The lowest BCUT2D eigenvalue weighted by Crippen LogP contribution is -2.05. The number of nitrogens with one attached hydrogen (secondary N) is 1. The average molecular weight is 212 g/mol. The van der Waals surface area contributed by atoms with Crippen LogP contribution in [0.1, 0.15) is 12.0 Å². The van der Waals surface area contributed by atoms with Gasteiger partial charge in [0.2, 0.25) is 0 Å². The Hall–Kier alpha value is -1.42. The second-order valence-corrected chi connectivity index (χ2v) is 3.16. The summed E-state index contributed by atoms with van der Waals surface area (Å²) >= 11 is 0. The molecule has 0 aliphatic carbocycles. The largest absolute Gasteiger partial charge is 0.396 e. The fourth-order valence-electron chi connectivity index (χ4n) is 1.17. The molecule has 0 unspecified atom stereocenters. The van der Waals surface area contributed by atoms with Crippen LogP contribution in [0.25, 0.3) is 6.08 Å². The van der Waals surface area contributed by atoms with Gasteiger partial charge in [-0.1, -0.05) is 12.2 Å². The molecule has 1 aromatic carbocycles. The molecule has 15 heavy (non-hydrogen) atoms. The number of hydrogen-bond donors (Lipinski definition) is 2. The molecule has 0 aliphatic heterocycles. The quantitative estimate of drug-likeness (QED) is 0.593. The van der Waals surface area contributed by atoms with Crippen molar-refractivity contribution >= 4 is 11.8 Å². The lowest BCUT2D eigenvalue weighted by atomic mass is 10.1. The molecule has 0 radical (unpaired) electrons. The molecule has 2 nitrogen and oxygen atoms in total. The molecule has 0 atom stereocenters. The summed E-state index contributed by atoms with van der Waals surface area (Å²) in [5, 5.41) is 2.93. The van der Waals surface area contributed by atoms with E-state index in [-0.39, 0.29) is 11.3 Å². The minimum absolute atomic E-state index is 0.0373. The third-order valence-corrected chi connectivity index (χ3v) is 2.00. The summed E-state index contributed by atoms with van der Waals surface area (Å²) in [4.78, 5) is 0. The Kier molecular flexibility index (Phi) is 4.24. The molecule has 0 aromatic heterocycles. The molecule has 1 rings (SSSR count). The van der Waals surface area contributed by atoms with Crippen molar-refractivity contribution in [3.63, 3.8) is 0 Å². The molecule has 0 fully saturated rings. The van der Waals surface area contributed by atoms with Crippen LogP contribution in [-0.4, -0.2) is 13.6 Å². The molecule has 0 saturated carbocycles. The number of halogens is 2. The van der Waals surface area contributed by atoms with Crippen molar-refractivity contribution in [1.29, 1.82) is 0 Å². The molecule has 0 amide bonds. The molecule has 82 valence electrons. The molecule has 0 aliphatic rings. The molecule has 0 bridgehead atoms. The van der Waals surface area contributed by atoms with E-state index in [0.717, 1.165) is 12.6 Å². The topological polar surface area (TPSA) is 38.0 Å². The van der Waals surface area contributed by atoms with Gasteiger partial charge in [0.1, 0.15) is 5.82 Å².